The summed E-state index contributed by atoms with van der Waals surface area (Å²) in [5, 5.41) is 7.57. The van der Waals surface area contributed by atoms with E-state index in [1.54, 1.807) is 4.68 Å². The summed E-state index contributed by atoms with van der Waals surface area (Å²) >= 11 is 0. The highest BCUT2D eigenvalue weighted by molar-refractivity contribution is 5.14. The molecule has 15 heavy (non-hydrogen) atoms. The van der Waals surface area contributed by atoms with Crippen LogP contribution in [0.3, 0.4) is 0 Å². The molecule has 1 heterocycles. The molecule has 0 amide bonds. The van der Waals surface area contributed by atoms with Crippen molar-refractivity contribution in [3.05, 3.63) is 11.8 Å². The van der Waals surface area contributed by atoms with E-state index < -0.39 is 0 Å². The van der Waals surface area contributed by atoms with E-state index in [2.05, 4.69) is 31.2 Å². The maximum Gasteiger partial charge on any atom is 0.211 e. The lowest BCUT2D eigenvalue weighted by atomic mass is 10.1. The topological polar surface area (TPSA) is 39.1 Å². The predicted octanol–water partition coefficient (Wildman–Crippen LogP) is 1.50. The fourth-order valence-corrected chi connectivity index (χ4v) is 1.30. The molecular weight excluding hydrogens is 190 g/mol. The second-order valence-electron chi connectivity index (χ2n) is 4.77. The van der Waals surface area contributed by atoms with Gasteiger partial charge < -0.3 is 10.1 Å². The molecule has 0 radical (unpaired) electrons. The fourth-order valence-electron chi connectivity index (χ4n) is 1.30. The Bertz CT molecular complexity index is 312. The Kier molecular flexibility index (Phi) is 3.74. The first kappa shape index (κ1) is 12.0. The molecule has 0 aliphatic heterocycles. The number of aromatic nitrogens is 2. The van der Waals surface area contributed by atoms with Crippen molar-refractivity contribution in [2.24, 2.45) is 7.05 Å². The Labute approximate surface area is 91.6 Å². The molecular formula is C11H21N3O. The zero-order chi connectivity index (χ0) is 11.5. The van der Waals surface area contributed by atoms with Gasteiger partial charge in [-0.1, -0.05) is 0 Å². The number of nitrogens with one attached hydrogen (secondary N) is 1. The highest BCUT2D eigenvalue weighted by Gasteiger charge is 2.08. The molecule has 0 aliphatic carbocycles. The maximum atomic E-state index is 5.59. The summed E-state index contributed by atoms with van der Waals surface area (Å²) in [5.74, 6) is 0.822. The molecule has 0 aromatic carbocycles. The van der Waals surface area contributed by atoms with Crippen molar-refractivity contribution in [2.75, 3.05) is 13.2 Å². The van der Waals surface area contributed by atoms with Crippen molar-refractivity contribution < 1.29 is 4.74 Å². The number of ether oxygens (including phenoxy) is 1. The molecule has 1 aromatic heterocycles. The van der Waals surface area contributed by atoms with E-state index in [0.717, 1.165) is 18.1 Å². The highest BCUT2D eigenvalue weighted by Crippen LogP contribution is 2.10. The SMILES string of the molecule is Cc1cc(OCCNC(C)(C)C)n(C)n1. The minimum atomic E-state index is 0.145. The largest absolute Gasteiger partial charge is 0.476 e. The fraction of sp³-hybridized carbons (Fsp3) is 0.727. The summed E-state index contributed by atoms with van der Waals surface area (Å²) < 4.78 is 7.35. The lowest BCUT2D eigenvalue weighted by Crippen LogP contribution is -2.38. The molecule has 4 heteroatoms. The molecule has 1 N–H and O–H groups in total. The van der Waals surface area contributed by atoms with Crippen LogP contribution in [0.5, 0.6) is 5.88 Å². The average Bonchev–Trinajstić information content (AvgIpc) is 2.37. The van der Waals surface area contributed by atoms with Crippen molar-refractivity contribution >= 4 is 0 Å². The van der Waals surface area contributed by atoms with Gasteiger partial charge in [0.05, 0.1) is 5.69 Å². The van der Waals surface area contributed by atoms with Gasteiger partial charge in [-0.05, 0) is 27.7 Å². The summed E-state index contributed by atoms with van der Waals surface area (Å²) in [7, 11) is 1.89. The van der Waals surface area contributed by atoms with Gasteiger partial charge in [0.25, 0.3) is 0 Å². The summed E-state index contributed by atoms with van der Waals surface area (Å²) in [5.41, 5.74) is 1.13. The first-order valence-electron chi connectivity index (χ1n) is 5.27. The van der Waals surface area contributed by atoms with Crippen LogP contribution in [0.1, 0.15) is 26.5 Å². The first-order chi connectivity index (χ1) is 6.88. The molecule has 0 saturated carbocycles. The minimum Gasteiger partial charge on any atom is -0.476 e. The molecule has 0 bridgehead atoms. The summed E-state index contributed by atoms with van der Waals surface area (Å²) in [4.78, 5) is 0. The van der Waals surface area contributed by atoms with Gasteiger partial charge in [-0.3, -0.25) is 0 Å². The number of nitrogens with zero attached hydrogens (tertiary/aromatic N) is 2. The average molecular weight is 211 g/mol. The van der Waals surface area contributed by atoms with Gasteiger partial charge in [-0.15, -0.1) is 0 Å². The van der Waals surface area contributed by atoms with E-state index in [-0.39, 0.29) is 5.54 Å². The van der Waals surface area contributed by atoms with Crippen LogP contribution in [-0.4, -0.2) is 28.5 Å². The Hall–Kier alpha value is -1.03. The third-order valence-corrected chi connectivity index (χ3v) is 1.97. The second kappa shape index (κ2) is 4.66. The normalized spacial score (nSPS) is 11.8. The predicted molar refractivity (Wildman–Crippen MR) is 61.2 cm³/mol. The van der Waals surface area contributed by atoms with Crippen LogP contribution in [0.4, 0.5) is 0 Å². The number of rotatable bonds is 4. The van der Waals surface area contributed by atoms with E-state index in [1.165, 1.54) is 0 Å². The Morgan fingerprint density at radius 2 is 2.13 bits per heavy atom. The Balaban J connectivity index is 2.29. The standard InChI is InChI=1S/C11H21N3O/c1-9-8-10(14(5)13-9)15-7-6-12-11(2,3)4/h8,12H,6-7H2,1-5H3. The summed E-state index contributed by atoms with van der Waals surface area (Å²) in [6.45, 7) is 9.88. The van der Waals surface area contributed by atoms with Gasteiger partial charge in [0.15, 0.2) is 0 Å². The van der Waals surface area contributed by atoms with Crippen molar-refractivity contribution in [2.45, 2.75) is 33.2 Å². The molecule has 86 valence electrons. The molecule has 0 atom stereocenters. The van der Waals surface area contributed by atoms with Crippen LogP contribution < -0.4 is 10.1 Å². The first-order valence-corrected chi connectivity index (χ1v) is 5.27. The molecule has 0 aliphatic rings. The van der Waals surface area contributed by atoms with Crippen molar-refractivity contribution in [1.82, 2.24) is 15.1 Å². The monoisotopic (exact) mass is 211 g/mol. The number of aryl methyl sites for hydroxylation is 2. The van der Waals surface area contributed by atoms with Crippen LogP contribution in [0.2, 0.25) is 0 Å². The van der Waals surface area contributed by atoms with Crippen LogP contribution in [0, 0.1) is 6.92 Å². The van der Waals surface area contributed by atoms with Crippen LogP contribution in [0.25, 0.3) is 0 Å². The van der Waals surface area contributed by atoms with Crippen molar-refractivity contribution in [3.63, 3.8) is 0 Å². The molecule has 0 fully saturated rings. The van der Waals surface area contributed by atoms with E-state index in [9.17, 15) is 0 Å². The molecule has 1 rings (SSSR count). The highest BCUT2D eigenvalue weighted by atomic mass is 16.5. The van der Waals surface area contributed by atoms with Gasteiger partial charge in [-0.2, -0.15) is 5.10 Å². The molecule has 0 saturated heterocycles. The summed E-state index contributed by atoms with van der Waals surface area (Å²) in [6.07, 6.45) is 0. The maximum absolute atomic E-state index is 5.59. The lowest BCUT2D eigenvalue weighted by molar-refractivity contribution is 0.270. The molecule has 4 nitrogen and oxygen atoms in total. The summed E-state index contributed by atoms with van der Waals surface area (Å²) in [6, 6.07) is 1.94. The van der Waals surface area contributed by atoms with Crippen molar-refractivity contribution in [3.8, 4) is 5.88 Å². The molecule has 1 aromatic rings. The van der Waals surface area contributed by atoms with E-state index in [1.807, 2.05) is 20.0 Å². The third-order valence-electron chi connectivity index (χ3n) is 1.97. The van der Waals surface area contributed by atoms with E-state index in [0.29, 0.717) is 6.61 Å². The number of hydrogen-bond acceptors (Lipinski definition) is 3. The van der Waals surface area contributed by atoms with E-state index in [4.69, 9.17) is 4.74 Å². The number of hydrogen-bond donors (Lipinski definition) is 1. The van der Waals surface area contributed by atoms with Crippen LogP contribution in [0.15, 0.2) is 6.07 Å². The molecule has 0 unspecified atom stereocenters. The van der Waals surface area contributed by atoms with Gasteiger partial charge in [-0.25, -0.2) is 4.68 Å². The zero-order valence-electron chi connectivity index (χ0n) is 10.3. The molecule has 0 spiro atoms. The Morgan fingerprint density at radius 1 is 1.47 bits per heavy atom. The third kappa shape index (κ3) is 4.34. The van der Waals surface area contributed by atoms with Gasteiger partial charge in [0.1, 0.15) is 6.61 Å². The van der Waals surface area contributed by atoms with Gasteiger partial charge in [0.2, 0.25) is 5.88 Å². The van der Waals surface area contributed by atoms with Gasteiger partial charge >= 0.3 is 0 Å². The second-order valence-corrected chi connectivity index (χ2v) is 4.77. The smallest absolute Gasteiger partial charge is 0.211 e. The Morgan fingerprint density at radius 3 is 2.60 bits per heavy atom. The van der Waals surface area contributed by atoms with Crippen LogP contribution >= 0.6 is 0 Å². The minimum absolute atomic E-state index is 0.145. The van der Waals surface area contributed by atoms with E-state index >= 15 is 0 Å². The van der Waals surface area contributed by atoms with Crippen LogP contribution in [-0.2, 0) is 7.05 Å². The zero-order valence-corrected chi connectivity index (χ0v) is 10.3. The quantitative estimate of drug-likeness (QED) is 0.767. The van der Waals surface area contributed by atoms with Crippen molar-refractivity contribution in [1.29, 1.82) is 0 Å². The van der Waals surface area contributed by atoms with Gasteiger partial charge in [0, 0.05) is 25.2 Å². The lowest BCUT2D eigenvalue weighted by Gasteiger charge is -2.20.